The summed E-state index contributed by atoms with van der Waals surface area (Å²) in [5.41, 5.74) is -1.03. The van der Waals surface area contributed by atoms with E-state index >= 15 is 0 Å². The third-order valence-electron chi connectivity index (χ3n) is 4.03. The zero-order chi connectivity index (χ0) is 18.0. The molecule has 1 fully saturated rings. The number of nitrogens with one attached hydrogen (secondary N) is 2. The first kappa shape index (κ1) is 17.3. The second-order valence-corrected chi connectivity index (χ2v) is 5.83. The van der Waals surface area contributed by atoms with Crippen molar-refractivity contribution in [3.63, 3.8) is 0 Å². The SMILES string of the molecule is Cn1nc(C2CCNCC2)nc1NC(=O)c1ccc(C(F)(F)F)nc1. The highest BCUT2D eigenvalue weighted by atomic mass is 19.4. The summed E-state index contributed by atoms with van der Waals surface area (Å²) in [6.07, 6.45) is -1.81. The lowest BCUT2D eigenvalue weighted by Gasteiger charge is -2.19. The van der Waals surface area contributed by atoms with Crippen LogP contribution in [0.2, 0.25) is 0 Å². The molecule has 10 heteroatoms. The van der Waals surface area contributed by atoms with Gasteiger partial charge in [0.2, 0.25) is 5.95 Å². The fourth-order valence-electron chi connectivity index (χ4n) is 2.64. The summed E-state index contributed by atoms with van der Waals surface area (Å²) in [6.45, 7) is 1.78. The van der Waals surface area contributed by atoms with E-state index in [1.54, 1.807) is 7.05 Å². The van der Waals surface area contributed by atoms with Gasteiger partial charge < -0.3 is 5.32 Å². The summed E-state index contributed by atoms with van der Waals surface area (Å²) in [7, 11) is 1.65. The van der Waals surface area contributed by atoms with Crippen molar-refractivity contribution in [2.24, 2.45) is 7.05 Å². The summed E-state index contributed by atoms with van der Waals surface area (Å²) in [5.74, 6) is 0.544. The second kappa shape index (κ2) is 6.79. The van der Waals surface area contributed by atoms with E-state index in [0.717, 1.165) is 44.3 Å². The Bertz CT molecular complexity index is 750. The topological polar surface area (TPSA) is 84.7 Å². The van der Waals surface area contributed by atoms with Gasteiger partial charge in [0, 0.05) is 19.2 Å². The number of nitrogens with zero attached hydrogens (tertiary/aromatic N) is 4. The Morgan fingerprint density at radius 2 is 2.04 bits per heavy atom. The number of carbonyl (C=O) groups excluding carboxylic acids is 1. The molecule has 1 amide bonds. The van der Waals surface area contributed by atoms with Gasteiger partial charge >= 0.3 is 6.18 Å². The molecule has 0 spiro atoms. The number of hydrogen-bond acceptors (Lipinski definition) is 5. The highest BCUT2D eigenvalue weighted by molar-refractivity contribution is 6.03. The second-order valence-electron chi connectivity index (χ2n) is 5.83. The third kappa shape index (κ3) is 3.95. The Morgan fingerprint density at radius 3 is 2.64 bits per heavy atom. The maximum absolute atomic E-state index is 12.5. The van der Waals surface area contributed by atoms with E-state index in [1.165, 1.54) is 4.68 Å². The molecule has 3 rings (SSSR count). The van der Waals surface area contributed by atoms with Gasteiger partial charge in [-0.2, -0.15) is 23.3 Å². The van der Waals surface area contributed by atoms with Gasteiger partial charge in [0.25, 0.3) is 5.91 Å². The molecule has 2 aromatic rings. The van der Waals surface area contributed by atoms with Crippen molar-refractivity contribution in [2.75, 3.05) is 18.4 Å². The standard InChI is InChI=1S/C15H17F3N6O/c1-24-14(21-12(23-24)9-4-6-19-7-5-9)22-13(25)10-2-3-11(20-8-10)15(16,17)18/h2-3,8-9,19H,4-7H2,1H3,(H,21,22,23,25). The van der Waals surface area contributed by atoms with Crippen LogP contribution in [0.25, 0.3) is 0 Å². The first-order valence-electron chi connectivity index (χ1n) is 7.81. The molecule has 1 saturated heterocycles. The van der Waals surface area contributed by atoms with Gasteiger partial charge in [-0.1, -0.05) is 0 Å². The Balaban J connectivity index is 1.71. The zero-order valence-corrected chi connectivity index (χ0v) is 13.5. The third-order valence-corrected chi connectivity index (χ3v) is 4.03. The molecular weight excluding hydrogens is 337 g/mol. The minimum atomic E-state index is -4.54. The van der Waals surface area contributed by atoms with Crippen molar-refractivity contribution in [1.82, 2.24) is 25.1 Å². The van der Waals surface area contributed by atoms with Crippen LogP contribution in [0, 0.1) is 0 Å². The molecule has 7 nitrogen and oxygen atoms in total. The lowest BCUT2D eigenvalue weighted by atomic mass is 9.98. The minimum Gasteiger partial charge on any atom is -0.317 e. The number of carbonyl (C=O) groups is 1. The number of hydrogen-bond donors (Lipinski definition) is 2. The van der Waals surface area contributed by atoms with Crippen molar-refractivity contribution < 1.29 is 18.0 Å². The number of pyridine rings is 1. The molecule has 2 aromatic heterocycles. The van der Waals surface area contributed by atoms with E-state index in [-0.39, 0.29) is 17.4 Å². The highest BCUT2D eigenvalue weighted by Crippen LogP contribution is 2.27. The monoisotopic (exact) mass is 354 g/mol. The predicted molar refractivity (Wildman–Crippen MR) is 83.0 cm³/mol. The average Bonchev–Trinajstić information content (AvgIpc) is 2.96. The van der Waals surface area contributed by atoms with Gasteiger partial charge in [0.05, 0.1) is 5.56 Å². The van der Waals surface area contributed by atoms with Crippen molar-refractivity contribution in [3.05, 3.63) is 35.4 Å². The smallest absolute Gasteiger partial charge is 0.317 e. The lowest BCUT2D eigenvalue weighted by molar-refractivity contribution is -0.141. The summed E-state index contributed by atoms with van der Waals surface area (Å²) < 4.78 is 39.0. The molecule has 0 aliphatic carbocycles. The molecular formula is C15H17F3N6O. The van der Waals surface area contributed by atoms with E-state index in [4.69, 9.17) is 0 Å². The molecule has 0 aromatic carbocycles. The van der Waals surface area contributed by atoms with Crippen LogP contribution >= 0.6 is 0 Å². The molecule has 2 N–H and O–H groups in total. The Morgan fingerprint density at radius 1 is 1.32 bits per heavy atom. The Kier molecular flexibility index (Phi) is 4.71. The van der Waals surface area contributed by atoms with Crippen LogP contribution in [0.4, 0.5) is 19.1 Å². The van der Waals surface area contributed by atoms with Crippen molar-refractivity contribution in [3.8, 4) is 0 Å². The molecule has 3 heterocycles. The lowest BCUT2D eigenvalue weighted by Crippen LogP contribution is -2.27. The molecule has 0 unspecified atom stereocenters. The summed E-state index contributed by atoms with van der Waals surface area (Å²) in [5, 5.41) is 10.1. The summed E-state index contributed by atoms with van der Waals surface area (Å²) in [4.78, 5) is 19.8. The van der Waals surface area contributed by atoms with Crippen LogP contribution in [0.1, 0.15) is 40.6 Å². The fraction of sp³-hybridized carbons (Fsp3) is 0.467. The Labute approximate surface area is 141 Å². The maximum Gasteiger partial charge on any atom is 0.433 e. The van der Waals surface area contributed by atoms with E-state index in [2.05, 4.69) is 25.7 Å². The van der Waals surface area contributed by atoms with Crippen molar-refractivity contribution in [1.29, 1.82) is 0 Å². The first-order chi connectivity index (χ1) is 11.8. The van der Waals surface area contributed by atoms with E-state index in [9.17, 15) is 18.0 Å². The van der Waals surface area contributed by atoms with Gasteiger partial charge in [0.15, 0.2) is 5.82 Å². The number of aromatic nitrogens is 4. The van der Waals surface area contributed by atoms with Crippen LogP contribution in [-0.4, -0.2) is 38.7 Å². The molecule has 0 atom stereocenters. The van der Waals surface area contributed by atoms with Crippen LogP contribution in [0.15, 0.2) is 18.3 Å². The molecule has 1 aliphatic rings. The summed E-state index contributed by atoms with van der Waals surface area (Å²) in [6, 6.07) is 1.85. The first-order valence-corrected chi connectivity index (χ1v) is 7.81. The quantitative estimate of drug-likeness (QED) is 0.880. The molecule has 134 valence electrons. The predicted octanol–water partition coefficient (Wildman–Crippen LogP) is 1.95. The average molecular weight is 354 g/mol. The van der Waals surface area contributed by atoms with E-state index in [1.807, 2.05) is 0 Å². The van der Waals surface area contributed by atoms with Crippen molar-refractivity contribution in [2.45, 2.75) is 24.9 Å². The van der Waals surface area contributed by atoms with Gasteiger partial charge in [-0.15, -0.1) is 0 Å². The van der Waals surface area contributed by atoms with Crippen LogP contribution in [-0.2, 0) is 13.2 Å². The summed E-state index contributed by atoms with van der Waals surface area (Å²) >= 11 is 0. The van der Waals surface area contributed by atoms with Crippen LogP contribution in [0.5, 0.6) is 0 Å². The number of halogens is 3. The zero-order valence-electron chi connectivity index (χ0n) is 13.5. The van der Waals surface area contributed by atoms with Gasteiger partial charge in [0.1, 0.15) is 5.69 Å². The number of amides is 1. The number of piperidine rings is 1. The number of rotatable bonds is 3. The number of aryl methyl sites for hydroxylation is 1. The Hall–Kier alpha value is -2.49. The van der Waals surface area contributed by atoms with Crippen LogP contribution < -0.4 is 10.6 Å². The molecule has 0 radical (unpaired) electrons. The van der Waals surface area contributed by atoms with Gasteiger partial charge in [-0.3, -0.25) is 15.1 Å². The van der Waals surface area contributed by atoms with Crippen molar-refractivity contribution >= 4 is 11.9 Å². The number of alkyl halides is 3. The van der Waals surface area contributed by atoms with E-state index in [0.29, 0.717) is 5.82 Å². The molecule has 1 aliphatic heterocycles. The van der Waals surface area contributed by atoms with E-state index < -0.39 is 17.8 Å². The molecule has 0 saturated carbocycles. The highest BCUT2D eigenvalue weighted by Gasteiger charge is 2.32. The number of anilines is 1. The maximum atomic E-state index is 12.5. The van der Waals surface area contributed by atoms with Gasteiger partial charge in [-0.05, 0) is 38.1 Å². The fourth-order valence-corrected chi connectivity index (χ4v) is 2.64. The largest absolute Gasteiger partial charge is 0.433 e. The molecule has 25 heavy (non-hydrogen) atoms. The van der Waals surface area contributed by atoms with Crippen LogP contribution in [0.3, 0.4) is 0 Å². The minimum absolute atomic E-state index is 0.0133. The normalized spacial score (nSPS) is 16.0. The molecule has 0 bridgehead atoms. The van der Waals surface area contributed by atoms with Gasteiger partial charge in [-0.25, -0.2) is 4.68 Å².